The number of pyridine rings is 2. The van der Waals surface area contributed by atoms with Crippen LogP contribution in [0.1, 0.15) is 59.9 Å². The Morgan fingerprint density at radius 3 is 2.59 bits per heavy atom. The highest BCUT2D eigenvalue weighted by molar-refractivity contribution is 5.96. The van der Waals surface area contributed by atoms with Gasteiger partial charge in [-0.2, -0.15) is 0 Å². The lowest BCUT2D eigenvalue weighted by atomic mass is 9.92. The van der Waals surface area contributed by atoms with E-state index in [1.54, 1.807) is 13.1 Å². The summed E-state index contributed by atoms with van der Waals surface area (Å²) in [5.41, 5.74) is 6.25. The van der Waals surface area contributed by atoms with Crippen LogP contribution in [-0.4, -0.2) is 22.1 Å². The Bertz CT molecular complexity index is 1170. The zero-order valence-corrected chi connectivity index (χ0v) is 17.4. The molecule has 3 aromatic rings. The lowest BCUT2D eigenvalue weighted by molar-refractivity contribution is 0.0524. The molecular formula is C24H26N2O3. The van der Waals surface area contributed by atoms with Crippen molar-refractivity contribution in [3.05, 3.63) is 63.2 Å². The lowest BCUT2D eigenvalue weighted by Crippen LogP contribution is -2.21. The van der Waals surface area contributed by atoms with Gasteiger partial charge in [-0.1, -0.05) is 13.0 Å². The van der Waals surface area contributed by atoms with Crippen molar-refractivity contribution in [3.8, 4) is 11.1 Å². The van der Waals surface area contributed by atoms with Crippen molar-refractivity contribution in [2.24, 2.45) is 0 Å². The molecular weight excluding hydrogens is 364 g/mol. The van der Waals surface area contributed by atoms with Gasteiger partial charge in [0.2, 0.25) is 5.43 Å². The third-order valence-electron chi connectivity index (χ3n) is 5.63. The average molecular weight is 390 g/mol. The monoisotopic (exact) mass is 390 g/mol. The van der Waals surface area contributed by atoms with E-state index in [0.29, 0.717) is 11.4 Å². The molecule has 0 aliphatic heterocycles. The van der Waals surface area contributed by atoms with Crippen LogP contribution in [0, 0.1) is 13.8 Å². The molecule has 0 amide bonds. The van der Waals surface area contributed by atoms with Gasteiger partial charge in [-0.05, 0) is 68.9 Å². The molecule has 1 fully saturated rings. The Labute approximate surface area is 170 Å². The maximum Gasteiger partial charge on any atom is 0.343 e. The summed E-state index contributed by atoms with van der Waals surface area (Å²) in [5, 5.41) is 0.584. The van der Waals surface area contributed by atoms with E-state index < -0.39 is 5.97 Å². The summed E-state index contributed by atoms with van der Waals surface area (Å²) < 4.78 is 7.26. The predicted octanol–water partition coefficient (Wildman–Crippen LogP) is 4.75. The van der Waals surface area contributed by atoms with Gasteiger partial charge >= 0.3 is 5.97 Å². The van der Waals surface area contributed by atoms with Crippen molar-refractivity contribution < 1.29 is 9.53 Å². The van der Waals surface area contributed by atoms with E-state index in [9.17, 15) is 9.59 Å². The molecule has 0 spiro atoms. The van der Waals surface area contributed by atoms with E-state index in [2.05, 4.69) is 29.5 Å². The molecule has 0 radical (unpaired) electrons. The van der Waals surface area contributed by atoms with Gasteiger partial charge in [0.05, 0.1) is 12.1 Å². The van der Waals surface area contributed by atoms with E-state index >= 15 is 0 Å². The number of esters is 1. The SMILES string of the molecule is CCOC(=O)c1cn(C2CC2)c2c(CC)c(-c3cnc(C)cc3C)ccc2c1=O. The van der Waals surface area contributed by atoms with Gasteiger partial charge in [0, 0.05) is 35.1 Å². The zero-order chi connectivity index (χ0) is 20.7. The molecule has 150 valence electrons. The fraction of sp³-hybridized carbons (Fsp3) is 0.375. The minimum atomic E-state index is -0.547. The van der Waals surface area contributed by atoms with Gasteiger partial charge < -0.3 is 9.30 Å². The second kappa shape index (κ2) is 7.47. The van der Waals surface area contributed by atoms with Crippen LogP contribution in [0.25, 0.3) is 22.0 Å². The summed E-state index contributed by atoms with van der Waals surface area (Å²) in [6.07, 6.45) is 6.52. The molecule has 0 N–H and O–H groups in total. The molecule has 1 aliphatic carbocycles. The maximum atomic E-state index is 13.1. The number of hydrogen-bond acceptors (Lipinski definition) is 4. The standard InChI is InChI=1S/C24H26N2O3/c1-5-17-18(20-12-25-15(4)11-14(20)3)9-10-19-22(17)26(16-7-8-16)13-21(23(19)27)24(28)29-6-2/h9-13,16H,5-8H2,1-4H3. The number of nitrogens with zero attached hydrogens (tertiary/aromatic N) is 2. The first-order valence-corrected chi connectivity index (χ1v) is 10.3. The highest BCUT2D eigenvalue weighted by atomic mass is 16.5. The van der Waals surface area contributed by atoms with Crippen LogP contribution in [0.5, 0.6) is 0 Å². The van der Waals surface area contributed by atoms with Crippen LogP contribution < -0.4 is 5.43 Å². The summed E-state index contributed by atoms with van der Waals surface area (Å²) in [5.74, 6) is -0.547. The maximum absolute atomic E-state index is 13.1. The van der Waals surface area contributed by atoms with E-state index in [0.717, 1.165) is 52.7 Å². The van der Waals surface area contributed by atoms with Crippen molar-refractivity contribution in [1.29, 1.82) is 0 Å². The fourth-order valence-electron chi connectivity index (χ4n) is 4.11. The Morgan fingerprint density at radius 2 is 1.97 bits per heavy atom. The third kappa shape index (κ3) is 3.35. The number of hydrogen-bond donors (Lipinski definition) is 0. The summed E-state index contributed by atoms with van der Waals surface area (Å²) in [6.45, 7) is 8.18. The minimum absolute atomic E-state index is 0.120. The van der Waals surface area contributed by atoms with Crippen molar-refractivity contribution in [1.82, 2.24) is 9.55 Å². The molecule has 1 saturated carbocycles. The molecule has 2 aromatic heterocycles. The van der Waals surface area contributed by atoms with E-state index in [1.807, 2.05) is 25.3 Å². The molecule has 5 nitrogen and oxygen atoms in total. The van der Waals surface area contributed by atoms with Crippen LogP contribution in [0.15, 0.2) is 35.4 Å². The smallest absolute Gasteiger partial charge is 0.343 e. The van der Waals surface area contributed by atoms with Crippen molar-refractivity contribution in [2.45, 2.75) is 53.0 Å². The third-order valence-corrected chi connectivity index (χ3v) is 5.63. The molecule has 1 aliphatic rings. The Balaban J connectivity index is 2.04. The second-order valence-corrected chi connectivity index (χ2v) is 7.71. The number of rotatable bonds is 5. The summed E-state index contributed by atoms with van der Waals surface area (Å²) in [4.78, 5) is 30.0. The lowest BCUT2D eigenvalue weighted by Gasteiger charge is -2.19. The van der Waals surface area contributed by atoms with E-state index in [-0.39, 0.29) is 17.6 Å². The molecule has 0 bridgehead atoms. The molecule has 1 aromatic carbocycles. The number of ether oxygens (including phenoxy) is 1. The van der Waals surface area contributed by atoms with Crippen LogP contribution >= 0.6 is 0 Å². The molecule has 5 heteroatoms. The number of carbonyl (C=O) groups excluding carboxylic acids is 1. The molecule has 4 rings (SSSR count). The van der Waals surface area contributed by atoms with Gasteiger partial charge in [-0.15, -0.1) is 0 Å². The average Bonchev–Trinajstić information content (AvgIpc) is 3.53. The van der Waals surface area contributed by atoms with Crippen molar-refractivity contribution in [2.75, 3.05) is 6.61 Å². The minimum Gasteiger partial charge on any atom is -0.462 e. The highest BCUT2D eigenvalue weighted by Crippen LogP contribution is 2.40. The van der Waals surface area contributed by atoms with Gasteiger partial charge in [0.25, 0.3) is 0 Å². The van der Waals surface area contributed by atoms with Crippen LogP contribution in [-0.2, 0) is 11.2 Å². The quantitative estimate of drug-likeness (QED) is 0.590. The summed E-state index contributed by atoms with van der Waals surface area (Å²) in [6, 6.07) is 6.25. The Hall–Kier alpha value is -2.95. The summed E-state index contributed by atoms with van der Waals surface area (Å²) >= 11 is 0. The van der Waals surface area contributed by atoms with Crippen LogP contribution in [0.4, 0.5) is 0 Å². The number of carbonyl (C=O) groups is 1. The molecule has 0 atom stereocenters. The predicted molar refractivity (Wildman–Crippen MR) is 115 cm³/mol. The normalized spacial score (nSPS) is 13.7. The summed E-state index contributed by atoms with van der Waals surface area (Å²) in [7, 11) is 0. The molecule has 0 unspecified atom stereocenters. The molecule has 0 saturated heterocycles. The largest absolute Gasteiger partial charge is 0.462 e. The van der Waals surface area contributed by atoms with E-state index in [1.165, 1.54) is 0 Å². The van der Waals surface area contributed by atoms with Gasteiger partial charge in [-0.3, -0.25) is 9.78 Å². The van der Waals surface area contributed by atoms with Gasteiger partial charge in [0.15, 0.2) is 0 Å². The van der Waals surface area contributed by atoms with Gasteiger partial charge in [0.1, 0.15) is 5.56 Å². The first-order valence-electron chi connectivity index (χ1n) is 10.3. The highest BCUT2D eigenvalue weighted by Gasteiger charge is 2.28. The first-order chi connectivity index (χ1) is 14.0. The van der Waals surface area contributed by atoms with Crippen LogP contribution in [0.3, 0.4) is 0 Å². The Morgan fingerprint density at radius 1 is 1.21 bits per heavy atom. The molecule has 29 heavy (non-hydrogen) atoms. The first kappa shape index (κ1) is 19.4. The second-order valence-electron chi connectivity index (χ2n) is 7.71. The topological polar surface area (TPSA) is 61.2 Å². The van der Waals surface area contributed by atoms with Gasteiger partial charge in [-0.25, -0.2) is 4.79 Å². The molecule has 2 heterocycles. The zero-order valence-electron chi connectivity index (χ0n) is 17.4. The number of aromatic nitrogens is 2. The number of fused-ring (bicyclic) bond motifs is 1. The van der Waals surface area contributed by atoms with E-state index in [4.69, 9.17) is 4.74 Å². The number of aryl methyl sites for hydroxylation is 3. The van der Waals surface area contributed by atoms with Crippen molar-refractivity contribution in [3.63, 3.8) is 0 Å². The van der Waals surface area contributed by atoms with Crippen LogP contribution in [0.2, 0.25) is 0 Å². The Kier molecular flexibility index (Phi) is 4.99. The number of benzene rings is 1. The van der Waals surface area contributed by atoms with Crippen molar-refractivity contribution >= 4 is 16.9 Å². The fourth-order valence-corrected chi connectivity index (χ4v) is 4.11.